The van der Waals surface area contributed by atoms with Crippen molar-refractivity contribution in [1.29, 1.82) is 0 Å². The molecule has 2 aromatic rings. The molecule has 19 heavy (non-hydrogen) atoms. The summed E-state index contributed by atoms with van der Waals surface area (Å²) in [6.45, 7) is 2.50. The molecular formula is C12H15N3O3S. The summed E-state index contributed by atoms with van der Waals surface area (Å²) in [6.07, 6.45) is 2.87. The van der Waals surface area contributed by atoms with Gasteiger partial charge in [-0.3, -0.25) is 0 Å². The Morgan fingerprint density at radius 1 is 1.32 bits per heavy atom. The van der Waals surface area contributed by atoms with Crippen LogP contribution in [0.4, 0.5) is 0 Å². The summed E-state index contributed by atoms with van der Waals surface area (Å²) < 4.78 is 31.6. The Bertz CT molecular complexity index is 695. The van der Waals surface area contributed by atoms with Crippen molar-refractivity contribution in [3.63, 3.8) is 0 Å². The molecule has 1 fully saturated rings. The molecule has 2 heterocycles. The maximum absolute atomic E-state index is 12.7. The van der Waals surface area contributed by atoms with Crippen molar-refractivity contribution in [3.05, 3.63) is 18.2 Å². The largest absolute Gasteiger partial charge is 0.245 e. The normalized spacial score (nSPS) is 21.8. The zero-order chi connectivity index (χ0) is 13.5. The van der Waals surface area contributed by atoms with Crippen LogP contribution in [0, 0.1) is 0 Å². The van der Waals surface area contributed by atoms with E-state index in [4.69, 9.17) is 0 Å². The third kappa shape index (κ3) is 2.02. The minimum Gasteiger partial charge on any atom is -0.243 e. The topological polar surface area (TPSA) is 76.3 Å². The molecular weight excluding hydrogens is 266 g/mol. The molecule has 1 aliphatic rings. The number of hydrogen-bond donors (Lipinski definition) is 0. The quantitative estimate of drug-likeness (QED) is 0.838. The predicted molar refractivity (Wildman–Crippen MR) is 69.0 cm³/mol. The van der Waals surface area contributed by atoms with Gasteiger partial charge in [-0.2, -0.15) is 4.31 Å². The second-order valence-electron chi connectivity index (χ2n) is 4.85. The highest BCUT2D eigenvalue weighted by Crippen LogP contribution is 2.28. The highest BCUT2D eigenvalue weighted by molar-refractivity contribution is 7.89. The monoisotopic (exact) mass is 281 g/mol. The van der Waals surface area contributed by atoms with E-state index in [1.54, 1.807) is 22.5 Å². The molecule has 7 heteroatoms. The summed E-state index contributed by atoms with van der Waals surface area (Å²) in [5, 5.41) is 7.40. The lowest BCUT2D eigenvalue weighted by Crippen LogP contribution is -2.41. The number of benzene rings is 1. The summed E-state index contributed by atoms with van der Waals surface area (Å²) in [5.41, 5.74) is 0.769. The van der Waals surface area contributed by atoms with Gasteiger partial charge in [-0.1, -0.05) is 12.5 Å². The van der Waals surface area contributed by atoms with Crippen molar-refractivity contribution in [1.82, 2.24) is 14.6 Å². The number of sulfonamides is 1. The third-order valence-electron chi connectivity index (χ3n) is 3.58. The fourth-order valence-corrected chi connectivity index (χ4v) is 4.38. The number of rotatable bonds is 2. The Kier molecular flexibility index (Phi) is 3.02. The van der Waals surface area contributed by atoms with Gasteiger partial charge in [0.15, 0.2) is 5.52 Å². The highest BCUT2D eigenvalue weighted by atomic mass is 32.2. The second-order valence-corrected chi connectivity index (χ2v) is 6.71. The minimum absolute atomic E-state index is 0.0221. The fourth-order valence-electron chi connectivity index (χ4n) is 2.54. The molecule has 0 bridgehead atoms. The zero-order valence-electron chi connectivity index (χ0n) is 10.6. The van der Waals surface area contributed by atoms with Crippen LogP contribution >= 0.6 is 0 Å². The van der Waals surface area contributed by atoms with E-state index in [9.17, 15) is 8.42 Å². The highest BCUT2D eigenvalue weighted by Gasteiger charge is 2.32. The first kappa shape index (κ1) is 12.6. The Balaban J connectivity index is 2.11. The lowest BCUT2D eigenvalue weighted by atomic mass is 10.1. The van der Waals surface area contributed by atoms with Crippen molar-refractivity contribution in [2.45, 2.75) is 37.1 Å². The van der Waals surface area contributed by atoms with E-state index in [0.29, 0.717) is 17.6 Å². The van der Waals surface area contributed by atoms with Crippen molar-refractivity contribution >= 4 is 21.1 Å². The molecule has 1 aromatic carbocycles. The maximum Gasteiger partial charge on any atom is 0.245 e. The van der Waals surface area contributed by atoms with Gasteiger partial charge in [0, 0.05) is 12.6 Å². The molecule has 0 amide bonds. The lowest BCUT2D eigenvalue weighted by Gasteiger charge is -2.32. The standard InChI is InChI=1S/C12H15N3O3S/c1-9-5-2-3-8-15(9)19(16,17)11-7-4-6-10-12(11)14-18-13-10/h4,6-7,9H,2-3,5,8H2,1H3/t9-/m1/s1. The van der Waals surface area contributed by atoms with Crippen molar-refractivity contribution in [2.75, 3.05) is 6.54 Å². The van der Waals surface area contributed by atoms with Crippen LogP contribution in [-0.2, 0) is 10.0 Å². The first-order valence-corrected chi connectivity index (χ1v) is 7.78. The zero-order valence-corrected chi connectivity index (χ0v) is 11.4. The van der Waals surface area contributed by atoms with Crippen LogP contribution in [0.1, 0.15) is 26.2 Å². The number of nitrogens with zero attached hydrogens (tertiary/aromatic N) is 3. The van der Waals surface area contributed by atoms with Crippen LogP contribution in [-0.4, -0.2) is 35.6 Å². The van der Waals surface area contributed by atoms with Gasteiger partial charge in [-0.15, -0.1) is 0 Å². The first-order chi connectivity index (χ1) is 9.10. The molecule has 6 nitrogen and oxygen atoms in total. The smallest absolute Gasteiger partial charge is 0.243 e. The van der Waals surface area contributed by atoms with E-state index >= 15 is 0 Å². The predicted octanol–water partition coefficient (Wildman–Crippen LogP) is 1.79. The summed E-state index contributed by atoms with van der Waals surface area (Å²) >= 11 is 0. The number of fused-ring (bicyclic) bond motifs is 1. The van der Waals surface area contributed by atoms with Gasteiger partial charge in [-0.25, -0.2) is 13.0 Å². The number of aromatic nitrogens is 2. The Morgan fingerprint density at radius 3 is 2.95 bits per heavy atom. The van der Waals surface area contributed by atoms with Crippen molar-refractivity contribution < 1.29 is 13.0 Å². The van der Waals surface area contributed by atoms with Gasteiger partial charge in [0.05, 0.1) is 0 Å². The molecule has 0 unspecified atom stereocenters. The van der Waals surface area contributed by atoms with Crippen LogP contribution in [0.5, 0.6) is 0 Å². The molecule has 1 atom stereocenters. The Morgan fingerprint density at radius 2 is 2.16 bits per heavy atom. The molecule has 1 saturated heterocycles. The van der Waals surface area contributed by atoms with Gasteiger partial charge >= 0.3 is 0 Å². The average molecular weight is 281 g/mol. The summed E-state index contributed by atoms with van der Waals surface area (Å²) in [5.74, 6) is 0. The molecule has 3 rings (SSSR count). The summed E-state index contributed by atoms with van der Waals surface area (Å²) in [6, 6.07) is 4.93. The van der Waals surface area contributed by atoms with Crippen LogP contribution < -0.4 is 0 Å². The molecule has 0 spiro atoms. The second kappa shape index (κ2) is 4.57. The van der Waals surface area contributed by atoms with Crippen LogP contribution in [0.3, 0.4) is 0 Å². The lowest BCUT2D eigenvalue weighted by molar-refractivity contribution is 0.268. The first-order valence-electron chi connectivity index (χ1n) is 6.34. The molecule has 0 N–H and O–H groups in total. The molecule has 0 aliphatic carbocycles. The van der Waals surface area contributed by atoms with E-state index < -0.39 is 10.0 Å². The fraction of sp³-hybridized carbons (Fsp3) is 0.500. The Labute approximate surface area is 111 Å². The SMILES string of the molecule is C[C@@H]1CCCCN1S(=O)(=O)c1cccc2nonc12. The van der Waals surface area contributed by atoms with Gasteiger partial charge in [0.25, 0.3) is 0 Å². The number of hydrogen-bond acceptors (Lipinski definition) is 5. The van der Waals surface area contributed by atoms with E-state index in [1.165, 1.54) is 0 Å². The van der Waals surface area contributed by atoms with Crippen LogP contribution in [0.15, 0.2) is 27.7 Å². The van der Waals surface area contributed by atoms with E-state index in [0.717, 1.165) is 19.3 Å². The average Bonchev–Trinajstić information content (AvgIpc) is 2.86. The van der Waals surface area contributed by atoms with Gasteiger partial charge in [0.1, 0.15) is 10.4 Å². The third-order valence-corrected chi connectivity index (χ3v) is 5.62. The molecule has 1 aliphatic heterocycles. The van der Waals surface area contributed by atoms with E-state index in [2.05, 4.69) is 14.9 Å². The Hall–Kier alpha value is -1.47. The molecule has 0 radical (unpaired) electrons. The van der Waals surface area contributed by atoms with Crippen LogP contribution in [0.25, 0.3) is 11.0 Å². The molecule has 1 aromatic heterocycles. The molecule has 102 valence electrons. The van der Waals surface area contributed by atoms with E-state index in [1.807, 2.05) is 6.92 Å². The maximum atomic E-state index is 12.7. The van der Waals surface area contributed by atoms with Gasteiger partial charge in [0.2, 0.25) is 10.0 Å². The summed E-state index contributed by atoms with van der Waals surface area (Å²) in [4.78, 5) is 0.181. The van der Waals surface area contributed by atoms with Gasteiger partial charge in [-0.05, 0) is 42.2 Å². The summed E-state index contributed by atoms with van der Waals surface area (Å²) in [7, 11) is -3.54. The van der Waals surface area contributed by atoms with E-state index in [-0.39, 0.29) is 10.9 Å². The van der Waals surface area contributed by atoms with Crippen LogP contribution in [0.2, 0.25) is 0 Å². The number of piperidine rings is 1. The van der Waals surface area contributed by atoms with Gasteiger partial charge < -0.3 is 0 Å². The van der Waals surface area contributed by atoms with Crippen molar-refractivity contribution in [3.8, 4) is 0 Å². The van der Waals surface area contributed by atoms with Crippen molar-refractivity contribution in [2.24, 2.45) is 0 Å². The molecule has 0 saturated carbocycles. The minimum atomic E-state index is -3.54.